The van der Waals surface area contributed by atoms with Crippen LogP contribution < -0.4 is 4.90 Å². The topological polar surface area (TPSA) is 12.5 Å². The van der Waals surface area contributed by atoms with E-state index in [-0.39, 0.29) is 0 Å². The number of anilines is 1. The Balaban J connectivity index is 2.05. The highest BCUT2D eigenvalue weighted by Crippen LogP contribution is 2.33. The van der Waals surface area contributed by atoms with E-state index in [1.165, 1.54) is 0 Å². The first-order valence-corrected chi connectivity index (χ1v) is 6.38. The Morgan fingerprint density at radius 1 is 1.00 bits per heavy atom. The zero-order valence-electron chi connectivity index (χ0n) is 12.1. The molecule has 1 unspecified atom stereocenters. The number of allylic oxidation sites excluding steroid dienone is 1. The van der Waals surface area contributed by atoms with Crippen molar-refractivity contribution in [1.82, 2.24) is 0 Å². The predicted octanol–water partition coefficient (Wildman–Crippen LogP) is 4.18. The monoisotopic (exact) mass is 252 g/mol. The molecule has 0 fully saturated rings. The van der Waals surface area contributed by atoms with Crippen LogP contribution in [0.1, 0.15) is 19.4 Å². The van der Waals surface area contributed by atoms with E-state index in [1.54, 1.807) is 0 Å². The summed E-state index contributed by atoms with van der Waals surface area (Å²) in [6, 6.07) is 18.0. The third kappa shape index (κ3) is 2.10. The molecule has 2 nitrogen and oxygen atoms in total. The summed E-state index contributed by atoms with van der Waals surface area (Å²) < 4.78 is 13.9. The molecule has 1 aliphatic heterocycles. The molecule has 1 heterocycles. The summed E-state index contributed by atoms with van der Waals surface area (Å²) in [6.07, 6.45) is 0. The van der Waals surface area contributed by atoms with Crippen LogP contribution in [-0.4, -0.2) is 6.71 Å². The van der Waals surface area contributed by atoms with Gasteiger partial charge in [-0.2, -0.15) is 0 Å². The van der Waals surface area contributed by atoms with E-state index in [1.807, 2.05) is 60.4 Å². The lowest BCUT2D eigenvalue weighted by Crippen LogP contribution is -2.18. The maximum atomic E-state index is 8.20. The molecule has 3 rings (SSSR count). The molecule has 0 saturated heterocycles. The molecule has 2 aromatic carbocycles. The van der Waals surface area contributed by atoms with Crippen LogP contribution in [0, 0.1) is 6.92 Å². The highest BCUT2D eigenvalue weighted by molar-refractivity contribution is 5.72. The molecule has 96 valence electrons. The lowest BCUT2D eigenvalue weighted by molar-refractivity contribution is 0.308. The van der Waals surface area contributed by atoms with E-state index in [2.05, 4.69) is 13.0 Å². The van der Waals surface area contributed by atoms with Crippen LogP contribution in [-0.2, 0) is 4.74 Å². The lowest BCUT2D eigenvalue weighted by atomic mass is 10.1. The van der Waals surface area contributed by atoms with Gasteiger partial charge in [0, 0.05) is 11.3 Å². The van der Waals surface area contributed by atoms with Gasteiger partial charge < -0.3 is 9.64 Å². The number of rotatable bonds is 2. The second kappa shape index (κ2) is 4.81. The number of ether oxygens (including phenoxy) is 1. The number of hydrogen-bond donors (Lipinski definition) is 0. The van der Waals surface area contributed by atoms with Crippen LogP contribution in [0.4, 0.5) is 5.69 Å². The Bertz CT molecular complexity index is 651. The second-order valence-electron chi connectivity index (χ2n) is 4.66. The van der Waals surface area contributed by atoms with Crippen molar-refractivity contribution in [2.75, 3.05) is 11.6 Å². The van der Waals surface area contributed by atoms with Crippen LogP contribution >= 0.6 is 0 Å². The minimum absolute atomic E-state index is 0.730. The number of nitrogens with zero attached hydrogens (tertiary/aromatic N) is 1. The fraction of sp³-hybridized carbons (Fsp3) is 0.176. The molecule has 19 heavy (non-hydrogen) atoms. The fourth-order valence-electron chi connectivity index (χ4n) is 2.32. The highest BCUT2D eigenvalue weighted by Gasteiger charge is 2.23. The lowest BCUT2D eigenvalue weighted by Gasteiger charge is -2.19. The van der Waals surface area contributed by atoms with Crippen molar-refractivity contribution >= 4 is 11.4 Å². The van der Waals surface area contributed by atoms with E-state index >= 15 is 0 Å². The molecule has 2 aromatic rings. The maximum Gasteiger partial charge on any atom is 0.165 e. The number of para-hydroxylation sites is 1. The summed E-state index contributed by atoms with van der Waals surface area (Å²) in [7, 11) is 0. The fourth-order valence-corrected chi connectivity index (χ4v) is 2.32. The van der Waals surface area contributed by atoms with Crippen molar-refractivity contribution in [3.63, 3.8) is 0 Å². The van der Waals surface area contributed by atoms with Crippen molar-refractivity contribution < 1.29 is 6.11 Å². The molecular weight excluding hydrogens is 234 g/mol. The molecule has 0 spiro atoms. The largest absolute Gasteiger partial charge is 0.470 e. The predicted molar refractivity (Wildman–Crippen MR) is 78.6 cm³/mol. The molecule has 0 radical (unpaired) electrons. The molecule has 2 heteroatoms. The van der Waals surface area contributed by atoms with Crippen molar-refractivity contribution in [3.05, 3.63) is 71.4 Å². The van der Waals surface area contributed by atoms with E-state index in [4.69, 9.17) is 6.11 Å². The van der Waals surface area contributed by atoms with Crippen molar-refractivity contribution in [1.29, 1.82) is 0 Å². The maximum absolute atomic E-state index is 8.20. The Hall–Kier alpha value is -2.22. The molecule has 0 N–H and O–H groups in total. The first-order valence-electron chi connectivity index (χ1n) is 6.96. The van der Waals surface area contributed by atoms with E-state index in [9.17, 15) is 0 Å². The summed E-state index contributed by atoms with van der Waals surface area (Å²) in [5, 5.41) is 0. The minimum atomic E-state index is -0.730. The van der Waals surface area contributed by atoms with Gasteiger partial charge in [-0.05, 0) is 25.5 Å². The van der Waals surface area contributed by atoms with Crippen LogP contribution in [0.5, 0.6) is 0 Å². The van der Waals surface area contributed by atoms with Gasteiger partial charge in [-0.3, -0.25) is 0 Å². The van der Waals surface area contributed by atoms with Gasteiger partial charge in [-0.15, -0.1) is 0 Å². The molecule has 0 saturated carbocycles. The highest BCUT2D eigenvalue weighted by atomic mass is 16.5. The number of hydrogen-bond acceptors (Lipinski definition) is 2. The number of aryl methyl sites for hydroxylation is 1. The summed E-state index contributed by atoms with van der Waals surface area (Å²) in [5.41, 5.74) is 4.15. The minimum Gasteiger partial charge on any atom is -0.470 e. The van der Waals surface area contributed by atoms with Gasteiger partial charge in [-0.25, -0.2) is 0 Å². The van der Waals surface area contributed by atoms with Gasteiger partial charge in [0.1, 0.15) is 5.76 Å². The van der Waals surface area contributed by atoms with Crippen molar-refractivity contribution in [2.24, 2.45) is 0 Å². The third-order valence-electron chi connectivity index (χ3n) is 3.38. The Kier molecular flexibility index (Phi) is 2.70. The Labute approximate surface area is 115 Å². The van der Waals surface area contributed by atoms with Crippen LogP contribution in [0.15, 0.2) is 60.3 Å². The molecular formula is C17H17NO. The average molecular weight is 252 g/mol. The normalized spacial score (nSPS) is 19.4. The van der Waals surface area contributed by atoms with Crippen LogP contribution in [0.2, 0.25) is 0 Å². The Morgan fingerprint density at radius 3 is 2.42 bits per heavy atom. The summed E-state index contributed by atoms with van der Waals surface area (Å²) in [6.45, 7) is 3.32. The standard InChI is InChI=1S/C17H17NO/c1-13-8-6-7-11-16(13)18-12-19-17(14(18)2)15-9-4-3-5-10-15/h3-11H,12H2,1-2H3/i12D. The van der Waals surface area contributed by atoms with Gasteiger partial charge in [0.25, 0.3) is 0 Å². The number of benzene rings is 2. The summed E-state index contributed by atoms with van der Waals surface area (Å²) in [5.74, 6) is 0.786. The first-order chi connectivity index (χ1) is 9.68. The van der Waals surface area contributed by atoms with Crippen LogP contribution in [0.3, 0.4) is 0 Å². The summed E-state index contributed by atoms with van der Waals surface area (Å²) in [4.78, 5) is 1.93. The molecule has 0 bridgehead atoms. The zero-order valence-corrected chi connectivity index (χ0v) is 11.1. The molecule has 1 aliphatic rings. The molecule has 1 atom stereocenters. The van der Waals surface area contributed by atoms with Crippen LogP contribution in [0.25, 0.3) is 5.76 Å². The van der Waals surface area contributed by atoms with E-state index < -0.39 is 6.71 Å². The quantitative estimate of drug-likeness (QED) is 0.795. The van der Waals surface area contributed by atoms with Crippen molar-refractivity contribution in [3.8, 4) is 0 Å². The van der Waals surface area contributed by atoms with Gasteiger partial charge >= 0.3 is 0 Å². The van der Waals surface area contributed by atoms with E-state index in [0.717, 1.165) is 28.3 Å². The Morgan fingerprint density at radius 2 is 1.68 bits per heavy atom. The second-order valence-corrected chi connectivity index (χ2v) is 4.66. The van der Waals surface area contributed by atoms with Gasteiger partial charge in [0.05, 0.1) is 7.07 Å². The third-order valence-corrected chi connectivity index (χ3v) is 3.38. The average Bonchev–Trinajstić information content (AvgIpc) is 2.76. The van der Waals surface area contributed by atoms with Crippen molar-refractivity contribution in [2.45, 2.75) is 13.8 Å². The molecule has 0 aromatic heterocycles. The molecule has 0 amide bonds. The van der Waals surface area contributed by atoms with Gasteiger partial charge in [-0.1, -0.05) is 48.5 Å². The van der Waals surface area contributed by atoms with Gasteiger partial charge in [0.2, 0.25) is 0 Å². The SMILES string of the molecule is [2H]C1OC(c2ccccc2)=C(C)N1c1ccccc1C. The zero-order chi connectivity index (χ0) is 14.1. The smallest absolute Gasteiger partial charge is 0.165 e. The molecule has 0 aliphatic carbocycles. The van der Waals surface area contributed by atoms with E-state index in [0.29, 0.717) is 0 Å². The first kappa shape index (κ1) is 10.7. The van der Waals surface area contributed by atoms with Gasteiger partial charge in [0.15, 0.2) is 6.71 Å². The summed E-state index contributed by atoms with van der Waals surface area (Å²) >= 11 is 0.